The van der Waals surface area contributed by atoms with Crippen molar-refractivity contribution < 1.29 is 9.53 Å². The molecule has 2 N–H and O–H groups in total. The van der Waals surface area contributed by atoms with Gasteiger partial charge in [0.25, 0.3) is 0 Å². The highest BCUT2D eigenvalue weighted by atomic mass is 16.5. The van der Waals surface area contributed by atoms with E-state index in [0.717, 1.165) is 49.3 Å². The Balaban J connectivity index is 1.36. The number of nitrogens with zero attached hydrogens (tertiary/aromatic N) is 3. The second kappa shape index (κ2) is 7.58. The number of aromatic nitrogens is 3. The van der Waals surface area contributed by atoms with Crippen molar-refractivity contribution in [1.29, 1.82) is 0 Å². The predicted octanol–water partition coefficient (Wildman–Crippen LogP) is 2.92. The molecule has 0 spiro atoms. The van der Waals surface area contributed by atoms with Crippen molar-refractivity contribution in [3.8, 4) is 5.88 Å². The zero-order valence-electron chi connectivity index (χ0n) is 15.9. The SMILES string of the molecule is COc1ccc(C(NC(=O)NCC2CCCn3cc(C)nc32)C2CC2)cn1. The lowest BCUT2D eigenvalue weighted by molar-refractivity contribution is 0.234. The molecular weight excluding hydrogens is 342 g/mol. The maximum absolute atomic E-state index is 12.5. The number of methoxy groups -OCH3 is 1. The van der Waals surface area contributed by atoms with Crippen LogP contribution in [0.1, 0.15) is 54.7 Å². The van der Waals surface area contributed by atoms with Gasteiger partial charge in [0.05, 0.1) is 18.8 Å². The van der Waals surface area contributed by atoms with Crippen molar-refractivity contribution in [2.45, 2.75) is 51.1 Å². The third-order valence-electron chi connectivity index (χ3n) is 5.46. The van der Waals surface area contributed by atoms with Crippen molar-refractivity contribution in [2.75, 3.05) is 13.7 Å². The Morgan fingerprint density at radius 3 is 2.93 bits per heavy atom. The smallest absolute Gasteiger partial charge is 0.315 e. The van der Waals surface area contributed by atoms with Gasteiger partial charge >= 0.3 is 6.03 Å². The number of nitrogens with one attached hydrogen (secondary N) is 2. The third-order valence-corrected chi connectivity index (χ3v) is 5.46. The van der Waals surface area contributed by atoms with Crippen LogP contribution in [-0.4, -0.2) is 34.2 Å². The minimum Gasteiger partial charge on any atom is -0.481 e. The molecule has 0 aromatic carbocycles. The zero-order chi connectivity index (χ0) is 18.8. The summed E-state index contributed by atoms with van der Waals surface area (Å²) in [5, 5.41) is 6.20. The van der Waals surface area contributed by atoms with Crippen LogP contribution in [0.5, 0.6) is 5.88 Å². The van der Waals surface area contributed by atoms with Crippen molar-refractivity contribution >= 4 is 6.03 Å². The lowest BCUT2D eigenvalue weighted by atomic mass is 9.99. The quantitative estimate of drug-likeness (QED) is 0.820. The summed E-state index contributed by atoms with van der Waals surface area (Å²) in [6, 6.07) is 3.70. The van der Waals surface area contributed by atoms with Gasteiger partial charge in [0.1, 0.15) is 5.82 Å². The zero-order valence-corrected chi connectivity index (χ0v) is 15.9. The fraction of sp³-hybridized carbons (Fsp3) is 0.550. The van der Waals surface area contributed by atoms with E-state index >= 15 is 0 Å². The number of urea groups is 1. The lowest BCUT2D eigenvalue weighted by Gasteiger charge is -2.24. The molecule has 1 fully saturated rings. The predicted molar refractivity (Wildman–Crippen MR) is 102 cm³/mol. The highest BCUT2D eigenvalue weighted by molar-refractivity contribution is 5.74. The third kappa shape index (κ3) is 4.07. The second-order valence-electron chi connectivity index (χ2n) is 7.58. The molecule has 7 nitrogen and oxygen atoms in total. The molecule has 0 saturated heterocycles. The van der Waals surface area contributed by atoms with Crippen LogP contribution in [0.3, 0.4) is 0 Å². The number of aryl methyl sites for hydroxylation is 2. The summed E-state index contributed by atoms with van der Waals surface area (Å²) >= 11 is 0. The van der Waals surface area contributed by atoms with Gasteiger partial charge in [-0.15, -0.1) is 0 Å². The molecule has 2 aromatic heterocycles. The topological polar surface area (TPSA) is 81.1 Å². The van der Waals surface area contributed by atoms with Gasteiger partial charge in [-0.1, -0.05) is 6.07 Å². The highest BCUT2D eigenvalue weighted by Gasteiger charge is 2.34. The normalized spacial score (nSPS) is 19.9. The van der Waals surface area contributed by atoms with Crippen molar-refractivity contribution in [1.82, 2.24) is 25.2 Å². The van der Waals surface area contributed by atoms with Crippen molar-refractivity contribution in [3.63, 3.8) is 0 Å². The molecular formula is C20H27N5O2. The number of rotatable bonds is 6. The first-order valence-corrected chi connectivity index (χ1v) is 9.72. The van der Waals surface area contributed by atoms with E-state index in [4.69, 9.17) is 4.74 Å². The van der Waals surface area contributed by atoms with Gasteiger partial charge in [0.15, 0.2) is 0 Å². The Kier molecular flexibility index (Phi) is 5.01. The number of imidazole rings is 1. The molecule has 2 atom stereocenters. The highest BCUT2D eigenvalue weighted by Crippen LogP contribution is 2.41. The van der Waals surface area contributed by atoms with E-state index in [1.165, 1.54) is 0 Å². The van der Waals surface area contributed by atoms with E-state index in [9.17, 15) is 4.79 Å². The minimum absolute atomic E-state index is 0.000933. The molecule has 1 saturated carbocycles. The molecule has 3 heterocycles. The average molecular weight is 369 g/mol. The number of amides is 2. The maximum atomic E-state index is 12.5. The molecule has 1 aliphatic carbocycles. The number of hydrogen-bond donors (Lipinski definition) is 2. The van der Waals surface area contributed by atoms with Crippen LogP contribution in [-0.2, 0) is 6.54 Å². The molecule has 2 aliphatic rings. The molecule has 1 aliphatic heterocycles. The molecule has 27 heavy (non-hydrogen) atoms. The van der Waals surface area contributed by atoms with Crippen LogP contribution in [0.2, 0.25) is 0 Å². The van der Waals surface area contributed by atoms with Gasteiger partial charge in [-0.2, -0.15) is 0 Å². The first kappa shape index (κ1) is 17.8. The Morgan fingerprint density at radius 2 is 2.22 bits per heavy atom. The Hall–Kier alpha value is -2.57. The van der Waals surface area contributed by atoms with Crippen LogP contribution in [0.15, 0.2) is 24.5 Å². The standard InChI is InChI=1S/C20H27N5O2/c1-13-12-25-9-3-4-16(19(25)23-13)11-22-20(26)24-18(14-5-6-14)15-7-8-17(27-2)21-10-15/h7-8,10,12,14,16,18H,3-6,9,11H2,1-2H3,(H2,22,24,26). The van der Waals surface area contributed by atoms with Crippen molar-refractivity contribution in [3.05, 3.63) is 41.6 Å². The molecule has 0 radical (unpaired) electrons. The lowest BCUT2D eigenvalue weighted by Crippen LogP contribution is -2.41. The molecule has 2 aromatic rings. The minimum atomic E-state index is -0.122. The monoisotopic (exact) mass is 369 g/mol. The number of carbonyl (C=O) groups is 1. The van der Waals surface area contributed by atoms with Crippen LogP contribution < -0.4 is 15.4 Å². The van der Waals surface area contributed by atoms with E-state index in [1.807, 2.05) is 19.1 Å². The maximum Gasteiger partial charge on any atom is 0.315 e. The molecule has 4 rings (SSSR count). The molecule has 0 bridgehead atoms. The van der Waals surface area contributed by atoms with E-state index in [0.29, 0.717) is 18.3 Å². The number of pyridine rings is 1. The van der Waals surface area contributed by atoms with Gasteiger partial charge in [0, 0.05) is 37.5 Å². The summed E-state index contributed by atoms with van der Waals surface area (Å²) in [7, 11) is 1.60. The van der Waals surface area contributed by atoms with Crippen LogP contribution in [0.4, 0.5) is 4.79 Å². The number of ether oxygens (including phenoxy) is 1. The molecule has 2 unspecified atom stereocenters. The van der Waals surface area contributed by atoms with E-state index in [-0.39, 0.29) is 18.0 Å². The summed E-state index contributed by atoms with van der Waals surface area (Å²) in [6.07, 6.45) is 8.35. The fourth-order valence-corrected chi connectivity index (χ4v) is 3.91. The number of fused-ring (bicyclic) bond motifs is 1. The Bertz CT molecular complexity index is 797. The number of hydrogen-bond acceptors (Lipinski definition) is 4. The van der Waals surface area contributed by atoms with Gasteiger partial charge in [-0.05, 0) is 44.1 Å². The average Bonchev–Trinajstić information content (AvgIpc) is 3.45. The van der Waals surface area contributed by atoms with Gasteiger partial charge < -0.3 is 19.9 Å². The second-order valence-corrected chi connectivity index (χ2v) is 7.58. The van der Waals surface area contributed by atoms with Gasteiger partial charge in [0.2, 0.25) is 5.88 Å². The summed E-state index contributed by atoms with van der Waals surface area (Å²) in [4.78, 5) is 21.5. The van der Waals surface area contributed by atoms with E-state index < -0.39 is 0 Å². The van der Waals surface area contributed by atoms with E-state index in [2.05, 4.69) is 31.4 Å². The summed E-state index contributed by atoms with van der Waals surface area (Å²) in [5.41, 5.74) is 2.07. The molecule has 2 amide bonds. The van der Waals surface area contributed by atoms with Crippen molar-refractivity contribution in [2.24, 2.45) is 5.92 Å². The largest absolute Gasteiger partial charge is 0.481 e. The van der Waals surface area contributed by atoms with E-state index in [1.54, 1.807) is 13.3 Å². The Morgan fingerprint density at radius 1 is 1.37 bits per heavy atom. The first-order valence-electron chi connectivity index (χ1n) is 9.72. The first-order chi connectivity index (χ1) is 13.1. The van der Waals surface area contributed by atoms with Gasteiger partial charge in [-0.25, -0.2) is 14.8 Å². The molecule has 7 heteroatoms. The molecule has 144 valence electrons. The summed E-state index contributed by atoms with van der Waals surface area (Å²) in [5.74, 6) is 2.44. The number of carbonyl (C=O) groups excluding carboxylic acids is 1. The summed E-state index contributed by atoms with van der Waals surface area (Å²) in [6.45, 7) is 3.65. The van der Waals surface area contributed by atoms with Gasteiger partial charge in [-0.3, -0.25) is 0 Å². The Labute approximate surface area is 159 Å². The fourth-order valence-electron chi connectivity index (χ4n) is 3.91. The van der Waals surface area contributed by atoms with Crippen LogP contribution >= 0.6 is 0 Å². The van der Waals surface area contributed by atoms with Crippen LogP contribution in [0.25, 0.3) is 0 Å². The van der Waals surface area contributed by atoms with Crippen LogP contribution in [0, 0.1) is 12.8 Å². The summed E-state index contributed by atoms with van der Waals surface area (Å²) < 4.78 is 7.34.